The van der Waals surface area contributed by atoms with Gasteiger partial charge < -0.3 is 10.1 Å². The number of halogens is 1. The number of alkyl halides is 1. The molecule has 0 atom stereocenters. The van der Waals surface area contributed by atoms with E-state index in [1.165, 1.54) is 18.0 Å². The van der Waals surface area contributed by atoms with Crippen LogP contribution in [-0.2, 0) is 16.1 Å². The summed E-state index contributed by atoms with van der Waals surface area (Å²) < 4.78 is 17.8. The molecule has 0 aliphatic heterocycles. The van der Waals surface area contributed by atoms with Gasteiger partial charge in [0.25, 0.3) is 0 Å². The van der Waals surface area contributed by atoms with Gasteiger partial charge in [-0.2, -0.15) is 5.10 Å². The lowest BCUT2D eigenvalue weighted by molar-refractivity contribution is -0.138. The second kappa shape index (κ2) is 5.21. The highest BCUT2D eigenvalue weighted by Crippen LogP contribution is 2.03. The summed E-state index contributed by atoms with van der Waals surface area (Å²) in [4.78, 5) is 10.7. The van der Waals surface area contributed by atoms with Crippen LogP contribution in [0.15, 0.2) is 12.4 Å². The molecule has 14 heavy (non-hydrogen) atoms. The number of aryl methyl sites for hydroxylation is 1. The molecule has 0 spiro atoms. The number of methoxy groups -OCH3 is 1. The zero-order chi connectivity index (χ0) is 10.4. The largest absolute Gasteiger partial charge is 0.468 e. The number of nitrogens with zero attached hydrogens (tertiary/aromatic N) is 2. The number of hydrogen-bond donors (Lipinski definition) is 1. The predicted molar refractivity (Wildman–Crippen MR) is 48.7 cm³/mol. The molecule has 0 saturated heterocycles. The first-order valence-electron chi connectivity index (χ1n) is 4.15. The molecular formula is C8H12FN3O2. The Morgan fingerprint density at radius 3 is 3.21 bits per heavy atom. The summed E-state index contributed by atoms with van der Waals surface area (Å²) in [7, 11) is 1.32. The molecule has 1 aromatic heterocycles. The van der Waals surface area contributed by atoms with E-state index in [1.807, 2.05) is 0 Å². The van der Waals surface area contributed by atoms with Crippen LogP contribution in [0.1, 0.15) is 0 Å². The molecular weight excluding hydrogens is 189 g/mol. The Morgan fingerprint density at radius 1 is 1.79 bits per heavy atom. The van der Waals surface area contributed by atoms with Crippen LogP contribution in [0.25, 0.3) is 0 Å². The molecule has 6 heteroatoms. The minimum atomic E-state index is -0.460. The molecule has 1 aromatic rings. The van der Waals surface area contributed by atoms with Crippen LogP contribution in [0.2, 0.25) is 0 Å². The lowest BCUT2D eigenvalue weighted by Crippen LogP contribution is -2.14. The van der Waals surface area contributed by atoms with Crippen LogP contribution < -0.4 is 5.32 Å². The number of carbonyl (C=O) groups excluding carboxylic acids is 1. The topological polar surface area (TPSA) is 56.1 Å². The van der Waals surface area contributed by atoms with Crippen LogP contribution in [0, 0.1) is 0 Å². The van der Waals surface area contributed by atoms with Crippen LogP contribution in [-0.4, -0.2) is 36.1 Å². The van der Waals surface area contributed by atoms with Gasteiger partial charge in [0.05, 0.1) is 25.5 Å². The van der Waals surface area contributed by atoms with Crippen LogP contribution in [0.5, 0.6) is 0 Å². The van der Waals surface area contributed by atoms with Gasteiger partial charge in [0.15, 0.2) is 0 Å². The third kappa shape index (κ3) is 3.04. The van der Waals surface area contributed by atoms with Gasteiger partial charge in [-0.15, -0.1) is 0 Å². The molecule has 0 radical (unpaired) electrons. The summed E-state index contributed by atoms with van der Waals surface area (Å²) in [5.74, 6) is -0.358. The van der Waals surface area contributed by atoms with Crippen molar-refractivity contribution >= 4 is 11.7 Å². The highest BCUT2D eigenvalue weighted by atomic mass is 19.1. The van der Waals surface area contributed by atoms with E-state index in [-0.39, 0.29) is 19.1 Å². The highest BCUT2D eigenvalue weighted by Gasteiger charge is 2.01. The Balaban J connectivity index is 2.39. The Morgan fingerprint density at radius 2 is 2.57 bits per heavy atom. The normalized spacial score (nSPS) is 9.86. The fourth-order valence-corrected chi connectivity index (χ4v) is 0.910. The van der Waals surface area contributed by atoms with E-state index in [2.05, 4.69) is 15.2 Å². The van der Waals surface area contributed by atoms with Crippen molar-refractivity contribution in [1.82, 2.24) is 9.78 Å². The van der Waals surface area contributed by atoms with E-state index in [0.717, 1.165) is 0 Å². The maximum absolute atomic E-state index is 11.9. The number of ether oxygens (including phenoxy) is 1. The van der Waals surface area contributed by atoms with E-state index >= 15 is 0 Å². The van der Waals surface area contributed by atoms with Gasteiger partial charge in [-0.25, -0.2) is 4.39 Å². The van der Waals surface area contributed by atoms with E-state index in [9.17, 15) is 9.18 Å². The molecule has 0 aromatic carbocycles. The quantitative estimate of drug-likeness (QED) is 0.702. The molecule has 0 aliphatic carbocycles. The Bertz CT molecular complexity index is 301. The fraction of sp³-hybridized carbons (Fsp3) is 0.500. The zero-order valence-electron chi connectivity index (χ0n) is 7.86. The van der Waals surface area contributed by atoms with Crippen molar-refractivity contribution in [3.05, 3.63) is 12.4 Å². The third-order valence-corrected chi connectivity index (χ3v) is 1.61. The number of rotatable bonds is 5. The van der Waals surface area contributed by atoms with Crippen LogP contribution in [0.4, 0.5) is 10.1 Å². The van der Waals surface area contributed by atoms with Crippen molar-refractivity contribution in [2.75, 3.05) is 25.6 Å². The third-order valence-electron chi connectivity index (χ3n) is 1.61. The molecule has 0 amide bonds. The number of carbonyl (C=O) groups is 1. The van der Waals surface area contributed by atoms with Gasteiger partial charge in [-0.05, 0) is 0 Å². The number of aromatic nitrogens is 2. The summed E-state index contributed by atoms with van der Waals surface area (Å²) in [5.41, 5.74) is 0.670. The Kier molecular flexibility index (Phi) is 3.90. The highest BCUT2D eigenvalue weighted by molar-refractivity contribution is 5.74. The van der Waals surface area contributed by atoms with Crippen LogP contribution in [0.3, 0.4) is 0 Å². The molecule has 0 aliphatic rings. The maximum Gasteiger partial charge on any atom is 0.325 e. The van der Waals surface area contributed by atoms with Crippen molar-refractivity contribution in [2.45, 2.75) is 6.54 Å². The second-order valence-corrected chi connectivity index (χ2v) is 2.61. The van der Waals surface area contributed by atoms with Crippen molar-refractivity contribution in [1.29, 1.82) is 0 Å². The summed E-state index contributed by atoms with van der Waals surface area (Å²) in [6, 6.07) is 0. The van der Waals surface area contributed by atoms with Crippen LogP contribution >= 0.6 is 0 Å². The van der Waals surface area contributed by atoms with Gasteiger partial charge >= 0.3 is 5.97 Å². The number of hydrogen-bond acceptors (Lipinski definition) is 4. The second-order valence-electron chi connectivity index (χ2n) is 2.61. The molecule has 0 saturated carbocycles. The molecule has 1 N–H and O–H groups in total. The van der Waals surface area contributed by atoms with Crippen molar-refractivity contribution in [2.24, 2.45) is 0 Å². The van der Waals surface area contributed by atoms with Gasteiger partial charge in [0, 0.05) is 6.20 Å². The summed E-state index contributed by atoms with van der Waals surface area (Å²) in [6.07, 6.45) is 3.15. The SMILES string of the molecule is COC(=O)CNc1cnn(CCF)c1. The van der Waals surface area contributed by atoms with Gasteiger partial charge in [0.2, 0.25) is 0 Å². The van der Waals surface area contributed by atoms with Crippen molar-refractivity contribution in [3.63, 3.8) is 0 Å². The van der Waals surface area contributed by atoms with Crippen molar-refractivity contribution < 1.29 is 13.9 Å². The first-order valence-corrected chi connectivity index (χ1v) is 4.15. The average molecular weight is 201 g/mol. The molecule has 0 fully saturated rings. The van der Waals surface area contributed by atoms with E-state index in [0.29, 0.717) is 5.69 Å². The first-order chi connectivity index (χ1) is 6.76. The number of nitrogens with one attached hydrogen (secondary N) is 1. The lowest BCUT2D eigenvalue weighted by Gasteiger charge is -2.00. The maximum atomic E-state index is 11.9. The average Bonchev–Trinajstić information content (AvgIpc) is 2.63. The molecule has 5 nitrogen and oxygen atoms in total. The molecule has 78 valence electrons. The Labute approximate surface area is 80.9 Å². The van der Waals surface area contributed by atoms with Crippen molar-refractivity contribution in [3.8, 4) is 0 Å². The van der Waals surface area contributed by atoms with Gasteiger partial charge in [-0.1, -0.05) is 0 Å². The molecule has 0 bridgehead atoms. The van der Waals surface area contributed by atoms with Gasteiger partial charge in [0.1, 0.15) is 13.2 Å². The minimum absolute atomic E-state index is 0.0812. The smallest absolute Gasteiger partial charge is 0.325 e. The van der Waals surface area contributed by atoms with E-state index in [1.54, 1.807) is 6.20 Å². The summed E-state index contributed by atoms with van der Waals surface area (Å²) >= 11 is 0. The Hall–Kier alpha value is -1.59. The standard InChI is InChI=1S/C8H12FN3O2/c1-14-8(13)5-10-7-4-11-12(6-7)3-2-9/h4,6,10H,2-3,5H2,1H3. The number of esters is 1. The molecule has 0 unspecified atom stereocenters. The van der Waals surface area contributed by atoms with E-state index < -0.39 is 6.67 Å². The van der Waals surface area contributed by atoms with Gasteiger partial charge in [-0.3, -0.25) is 9.48 Å². The molecule has 1 rings (SSSR count). The zero-order valence-corrected chi connectivity index (χ0v) is 7.86. The monoisotopic (exact) mass is 201 g/mol. The number of anilines is 1. The van der Waals surface area contributed by atoms with E-state index in [4.69, 9.17) is 0 Å². The summed E-state index contributed by atoms with van der Waals surface area (Å²) in [5, 5.41) is 6.67. The lowest BCUT2D eigenvalue weighted by atomic mass is 10.5. The fourth-order valence-electron chi connectivity index (χ4n) is 0.910. The minimum Gasteiger partial charge on any atom is -0.468 e. The predicted octanol–water partition coefficient (Wildman–Crippen LogP) is 0.437. The summed E-state index contributed by atoms with van der Waals surface area (Å²) in [6.45, 7) is -0.157. The molecule has 1 heterocycles. The first kappa shape index (κ1) is 10.5.